The van der Waals surface area contributed by atoms with Crippen LogP contribution in [-0.2, 0) is 5.75 Å². The van der Waals surface area contributed by atoms with E-state index in [1.165, 1.54) is 5.56 Å². The third-order valence-corrected chi connectivity index (χ3v) is 3.71. The van der Waals surface area contributed by atoms with E-state index in [1.54, 1.807) is 0 Å². The maximum atomic E-state index is 5.80. The molecule has 0 saturated heterocycles. The van der Waals surface area contributed by atoms with Crippen LogP contribution in [0.1, 0.15) is 19.4 Å². The molecule has 0 aliphatic heterocycles. The standard InChI is InChI=1S/C11H16ClNS/c1-11(2,8-13)14-7-9-3-5-10(12)6-4-9/h3-6H,7-8,13H2,1-2H3. The van der Waals surface area contributed by atoms with Gasteiger partial charge < -0.3 is 5.73 Å². The van der Waals surface area contributed by atoms with Crippen molar-refractivity contribution in [2.75, 3.05) is 6.54 Å². The average Bonchev–Trinajstić information content (AvgIpc) is 2.17. The van der Waals surface area contributed by atoms with E-state index in [9.17, 15) is 0 Å². The fourth-order valence-corrected chi connectivity index (χ4v) is 1.91. The van der Waals surface area contributed by atoms with Gasteiger partial charge in [0.05, 0.1) is 0 Å². The summed E-state index contributed by atoms with van der Waals surface area (Å²) in [4.78, 5) is 0. The molecule has 0 saturated carbocycles. The van der Waals surface area contributed by atoms with Crippen molar-refractivity contribution >= 4 is 23.4 Å². The minimum absolute atomic E-state index is 0.152. The van der Waals surface area contributed by atoms with Gasteiger partial charge in [-0.2, -0.15) is 0 Å². The fraction of sp³-hybridized carbons (Fsp3) is 0.455. The molecule has 78 valence electrons. The third-order valence-electron chi connectivity index (χ3n) is 2.03. The Morgan fingerprint density at radius 1 is 1.29 bits per heavy atom. The molecule has 3 heteroatoms. The highest BCUT2D eigenvalue weighted by molar-refractivity contribution is 7.99. The summed E-state index contributed by atoms with van der Waals surface area (Å²) < 4.78 is 0.152. The first-order valence-electron chi connectivity index (χ1n) is 4.62. The van der Waals surface area contributed by atoms with E-state index in [0.717, 1.165) is 10.8 Å². The maximum Gasteiger partial charge on any atom is 0.0406 e. The monoisotopic (exact) mass is 229 g/mol. The lowest BCUT2D eigenvalue weighted by Crippen LogP contribution is -2.26. The van der Waals surface area contributed by atoms with Crippen LogP contribution in [0.5, 0.6) is 0 Å². The Morgan fingerprint density at radius 2 is 1.86 bits per heavy atom. The van der Waals surface area contributed by atoms with Gasteiger partial charge >= 0.3 is 0 Å². The van der Waals surface area contributed by atoms with Crippen molar-refractivity contribution in [2.24, 2.45) is 5.73 Å². The molecule has 0 bridgehead atoms. The van der Waals surface area contributed by atoms with E-state index < -0.39 is 0 Å². The molecule has 1 aromatic rings. The van der Waals surface area contributed by atoms with Crippen LogP contribution in [0, 0.1) is 0 Å². The molecule has 0 aliphatic rings. The lowest BCUT2D eigenvalue weighted by atomic mass is 10.2. The van der Waals surface area contributed by atoms with E-state index in [4.69, 9.17) is 17.3 Å². The van der Waals surface area contributed by atoms with Crippen LogP contribution in [0.2, 0.25) is 5.02 Å². The molecule has 0 amide bonds. The smallest absolute Gasteiger partial charge is 0.0406 e. The Kier molecular flexibility index (Phi) is 4.30. The van der Waals surface area contributed by atoms with Crippen LogP contribution in [-0.4, -0.2) is 11.3 Å². The zero-order chi connectivity index (χ0) is 10.6. The second-order valence-corrected chi connectivity index (χ2v) is 6.00. The molecule has 0 atom stereocenters. The first-order valence-corrected chi connectivity index (χ1v) is 5.98. The van der Waals surface area contributed by atoms with Gasteiger partial charge in [0.15, 0.2) is 0 Å². The number of thioether (sulfide) groups is 1. The lowest BCUT2D eigenvalue weighted by Gasteiger charge is -2.21. The highest BCUT2D eigenvalue weighted by Gasteiger charge is 2.15. The van der Waals surface area contributed by atoms with Gasteiger partial charge in [0.2, 0.25) is 0 Å². The van der Waals surface area contributed by atoms with Crippen molar-refractivity contribution in [1.82, 2.24) is 0 Å². The van der Waals surface area contributed by atoms with Gasteiger partial charge in [-0.1, -0.05) is 23.7 Å². The molecule has 0 aliphatic carbocycles. The summed E-state index contributed by atoms with van der Waals surface area (Å²) in [7, 11) is 0. The van der Waals surface area contributed by atoms with Crippen LogP contribution in [0.25, 0.3) is 0 Å². The third kappa shape index (κ3) is 3.91. The van der Waals surface area contributed by atoms with Gasteiger partial charge in [0, 0.05) is 22.1 Å². The second kappa shape index (κ2) is 5.06. The Bertz CT molecular complexity index is 282. The minimum Gasteiger partial charge on any atom is -0.329 e. The maximum absolute atomic E-state index is 5.80. The van der Waals surface area contributed by atoms with E-state index >= 15 is 0 Å². The SMILES string of the molecule is CC(C)(CN)SCc1ccc(Cl)cc1. The second-order valence-electron chi connectivity index (χ2n) is 3.88. The van der Waals surface area contributed by atoms with E-state index in [2.05, 4.69) is 26.0 Å². The van der Waals surface area contributed by atoms with Crippen LogP contribution in [0.15, 0.2) is 24.3 Å². The Morgan fingerprint density at radius 3 is 2.36 bits per heavy atom. The molecule has 0 spiro atoms. The van der Waals surface area contributed by atoms with Gasteiger partial charge in [-0.3, -0.25) is 0 Å². The molecule has 14 heavy (non-hydrogen) atoms. The molecule has 0 heterocycles. The topological polar surface area (TPSA) is 26.0 Å². The molecule has 1 aromatic carbocycles. The van der Waals surface area contributed by atoms with E-state index in [0.29, 0.717) is 6.54 Å². The number of nitrogens with two attached hydrogens (primary N) is 1. The predicted molar refractivity (Wildman–Crippen MR) is 65.9 cm³/mol. The fourth-order valence-electron chi connectivity index (χ4n) is 0.918. The summed E-state index contributed by atoms with van der Waals surface area (Å²) in [6.07, 6.45) is 0. The Balaban J connectivity index is 2.50. The zero-order valence-corrected chi connectivity index (χ0v) is 10.2. The summed E-state index contributed by atoms with van der Waals surface area (Å²) in [5.74, 6) is 0.987. The van der Waals surface area contributed by atoms with Crippen molar-refractivity contribution in [1.29, 1.82) is 0 Å². The van der Waals surface area contributed by atoms with Gasteiger partial charge in [-0.05, 0) is 31.5 Å². The molecule has 0 unspecified atom stereocenters. The summed E-state index contributed by atoms with van der Waals surface area (Å²) in [6.45, 7) is 5.02. The summed E-state index contributed by atoms with van der Waals surface area (Å²) >= 11 is 7.67. The summed E-state index contributed by atoms with van der Waals surface area (Å²) in [5, 5.41) is 0.789. The van der Waals surface area contributed by atoms with Gasteiger partial charge in [-0.15, -0.1) is 11.8 Å². The molecule has 0 aromatic heterocycles. The van der Waals surface area contributed by atoms with Crippen LogP contribution < -0.4 is 5.73 Å². The molecule has 0 fully saturated rings. The molecule has 0 radical (unpaired) electrons. The van der Waals surface area contributed by atoms with Crippen molar-refractivity contribution in [3.05, 3.63) is 34.9 Å². The van der Waals surface area contributed by atoms with Crippen LogP contribution in [0.3, 0.4) is 0 Å². The Hall–Kier alpha value is -0.180. The molecular formula is C11H16ClNS. The highest BCUT2D eigenvalue weighted by atomic mass is 35.5. The van der Waals surface area contributed by atoms with Crippen LogP contribution >= 0.6 is 23.4 Å². The number of hydrogen-bond acceptors (Lipinski definition) is 2. The van der Waals surface area contributed by atoms with Crippen LogP contribution in [0.4, 0.5) is 0 Å². The van der Waals surface area contributed by atoms with E-state index in [1.807, 2.05) is 23.9 Å². The molecule has 2 N–H and O–H groups in total. The summed E-state index contributed by atoms with van der Waals surface area (Å²) in [6, 6.07) is 7.96. The van der Waals surface area contributed by atoms with Crippen molar-refractivity contribution in [2.45, 2.75) is 24.3 Å². The van der Waals surface area contributed by atoms with E-state index in [-0.39, 0.29) is 4.75 Å². The predicted octanol–water partition coefficient (Wildman–Crippen LogP) is 3.31. The first-order chi connectivity index (χ1) is 6.53. The largest absolute Gasteiger partial charge is 0.329 e. The highest BCUT2D eigenvalue weighted by Crippen LogP contribution is 2.27. The quantitative estimate of drug-likeness (QED) is 0.858. The summed E-state index contributed by atoms with van der Waals surface area (Å²) in [5.41, 5.74) is 6.95. The number of rotatable bonds is 4. The number of benzene rings is 1. The molecular weight excluding hydrogens is 214 g/mol. The van der Waals surface area contributed by atoms with Gasteiger partial charge in [0.25, 0.3) is 0 Å². The van der Waals surface area contributed by atoms with Crippen molar-refractivity contribution < 1.29 is 0 Å². The molecule has 1 rings (SSSR count). The van der Waals surface area contributed by atoms with Crippen molar-refractivity contribution in [3.8, 4) is 0 Å². The number of hydrogen-bond donors (Lipinski definition) is 1. The zero-order valence-electron chi connectivity index (χ0n) is 8.59. The first kappa shape index (κ1) is 11.9. The van der Waals surface area contributed by atoms with Gasteiger partial charge in [0.1, 0.15) is 0 Å². The minimum atomic E-state index is 0.152. The average molecular weight is 230 g/mol. The Labute approximate surface area is 95.0 Å². The normalized spacial score (nSPS) is 11.7. The van der Waals surface area contributed by atoms with Gasteiger partial charge in [-0.25, -0.2) is 0 Å². The molecule has 1 nitrogen and oxygen atoms in total. The lowest BCUT2D eigenvalue weighted by molar-refractivity contribution is 0.722. The number of halogens is 1. The van der Waals surface area contributed by atoms with Crippen molar-refractivity contribution in [3.63, 3.8) is 0 Å².